The van der Waals surface area contributed by atoms with Crippen molar-refractivity contribution in [3.63, 3.8) is 0 Å². The first-order valence-corrected chi connectivity index (χ1v) is 5.29. The number of hydrogen-bond donors (Lipinski definition) is 0. The van der Waals surface area contributed by atoms with E-state index in [1.165, 1.54) is 6.07 Å². The van der Waals surface area contributed by atoms with Gasteiger partial charge in [-0.05, 0) is 29.9 Å². The van der Waals surface area contributed by atoms with Gasteiger partial charge >= 0.3 is 6.18 Å². The van der Waals surface area contributed by atoms with Gasteiger partial charge in [0.1, 0.15) is 0 Å². The number of alkyl halides is 4. The van der Waals surface area contributed by atoms with Crippen LogP contribution in [0.5, 0.6) is 0 Å². The number of rotatable bonds is 2. The Bertz CT molecular complexity index is 359. The average molecular weight is 235 g/mol. The molecule has 1 aliphatic rings. The van der Waals surface area contributed by atoms with Crippen molar-refractivity contribution >= 4 is 11.6 Å². The summed E-state index contributed by atoms with van der Waals surface area (Å²) in [4.78, 5) is 0. The van der Waals surface area contributed by atoms with E-state index in [9.17, 15) is 13.2 Å². The van der Waals surface area contributed by atoms with Crippen molar-refractivity contribution in [1.82, 2.24) is 0 Å². The molecule has 1 aliphatic carbocycles. The minimum absolute atomic E-state index is 0.000301. The summed E-state index contributed by atoms with van der Waals surface area (Å²) >= 11 is 5.63. The van der Waals surface area contributed by atoms with Gasteiger partial charge in [0.2, 0.25) is 0 Å². The van der Waals surface area contributed by atoms with Crippen molar-refractivity contribution in [1.29, 1.82) is 0 Å². The van der Waals surface area contributed by atoms with E-state index in [1.54, 1.807) is 12.1 Å². The van der Waals surface area contributed by atoms with E-state index in [0.29, 0.717) is 11.4 Å². The molecule has 1 fully saturated rings. The molecule has 15 heavy (non-hydrogen) atoms. The van der Waals surface area contributed by atoms with Gasteiger partial charge in [0, 0.05) is 5.88 Å². The summed E-state index contributed by atoms with van der Waals surface area (Å²) in [6.07, 6.45) is -3.48. The minimum atomic E-state index is -4.25. The fraction of sp³-hybridized carbons (Fsp3) is 0.455. The number of benzene rings is 1. The first-order valence-electron chi connectivity index (χ1n) is 4.76. The molecule has 0 nitrogen and oxygen atoms in total. The summed E-state index contributed by atoms with van der Waals surface area (Å²) in [5.74, 6) is 0.659. The molecular formula is C11H10ClF3. The van der Waals surface area contributed by atoms with Gasteiger partial charge in [-0.1, -0.05) is 18.2 Å². The lowest BCUT2D eigenvalue weighted by Gasteiger charge is -2.12. The van der Waals surface area contributed by atoms with Gasteiger partial charge < -0.3 is 0 Å². The molecule has 1 aromatic carbocycles. The zero-order valence-electron chi connectivity index (χ0n) is 7.89. The van der Waals surface area contributed by atoms with Gasteiger partial charge in [-0.15, -0.1) is 11.6 Å². The molecule has 2 rings (SSSR count). The fourth-order valence-corrected chi connectivity index (χ4v) is 2.22. The third-order valence-electron chi connectivity index (χ3n) is 2.79. The first-order chi connectivity index (χ1) is 7.04. The van der Waals surface area contributed by atoms with Crippen LogP contribution in [0.25, 0.3) is 0 Å². The van der Waals surface area contributed by atoms with Crippen LogP contribution in [-0.4, -0.2) is 5.88 Å². The minimum Gasteiger partial charge on any atom is -0.166 e. The van der Waals surface area contributed by atoms with Crippen molar-refractivity contribution < 1.29 is 13.2 Å². The van der Waals surface area contributed by atoms with E-state index >= 15 is 0 Å². The second-order valence-electron chi connectivity index (χ2n) is 3.84. The highest BCUT2D eigenvalue weighted by Gasteiger charge is 2.43. The molecule has 0 spiro atoms. The van der Waals surface area contributed by atoms with E-state index in [0.717, 1.165) is 12.5 Å². The Labute approximate surface area is 91.1 Å². The van der Waals surface area contributed by atoms with E-state index in [2.05, 4.69) is 0 Å². The predicted octanol–water partition coefficient (Wildman–Crippen LogP) is 4.05. The Morgan fingerprint density at radius 2 is 1.93 bits per heavy atom. The maximum absolute atomic E-state index is 12.6. The van der Waals surface area contributed by atoms with E-state index in [4.69, 9.17) is 11.6 Å². The van der Waals surface area contributed by atoms with Crippen LogP contribution in [0, 0.1) is 5.92 Å². The molecule has 1 saturated carbocycles. The highest BCUT2D eigenvalue weighted by Crippen LogP contribution is 2.51. The van der Waals surface area contributed by atoms with Gasteiger partial charge in [0.15, 0.2) is 0 Å². The third-order valence-corrected chi connectivity index (χ3v) is 3.18. The molecular weight excluding hydrogens is 225 g/mol. The molecule has 1 aromatic rings. The Morgan fingerprint density at radius 3 is 2.47 bits per heavy atom. The number of hydrogen-bond acceptors (Lipinski definition) is 0. The summed E-state index contributed by atoms with van der Waals surface area (Å²) in [6, 6.07) is 5.76. The summed E-state index contributed by atoms with van der Waals surface area (Å²) in [5, 5.41) is 0. The smallest absolute Gasteiger partial charge is 0.166 e. The molecule has 0 saturated heterocycles. The van der Waals surface area contributed by atoms with Crippen molar-refractivity contribution in [2.45, 2.75) is 18.5 Å². The fourth-order valence-electron chi connectivity index (χ4n) is 1.88. The Kier molecular flexibility index (Phi) is 2.67. The van der Waals surface area contributed by atoms with Crippen molar-refractivity contribution in [3.8, 4) is 0 Å². The van der Waals surface area contributed by atoms with Crippen LogP contribution in [0.15, 0.2) is 24.3 Å². The normalized spacial score (nSPS) is 25.3. The molecule has 0 aliphatic heterocycles. The highest BCUT2D eigenvalue weighted by atomic mass is 35.5. The SMILES string of the molecule is FC(F)(F)c1ccccc1C1CC1CCl. The van der Waals surface area contributed by atoms with E-state index in [-0.39, 0.29) is 11.8 Å². The Morgan fingerprint density at radius 1 is 1.27 bits per heavy atom. The van der Waals surface area contributed by atoms with E-state index in [1.807, 2.05) is 0 Å². The van der Waals surface area contributed by atoms with Crippen molar-refractivity contribution in [2.24, 2.45) is 5.92 Å². The molecule has 2 atom stereocenters. The van der Waals surface area contributed by atoms with Gasteiger partial charge in [-0.2, -0.15) is 13.2 Å². The topological polar surface area (TPSA) is 0 Å². The zero-order valence-corrected chi connectivity index (χ0v) is 8.65. The quantitative estimate of drug-likeness (QED) is 0.678. The third kappa shape index (κ3) is 2.12. The highest BCUT2D eigenvalue weighted by molar-refractivity contribution is 6.18. The largest absolute Gasteiger partial charge is 0.416 e. The molecule has 0 radical (unpaired) electrons. The van der Waals surface area contributed by atoms with Crippen LogP contribution in [0.4, 0.5) is 13.2 Å². The molecule has 0 aromatic heterocycles. The summed E-state index contributed by atoms with van der Waals surface area (Å²) in [7, 11) is 0. The molecule has 0 amide bonds. The standard InChI is InChI=1S/C11H10ClF3/c12-6-7-5-9(7)8-3-1-2-4-10(8)11(13,14)15/h1-4,7,9H,5-6H2. The van der Waals surface area contributed by atoms with Gasteiger partial charge in [0.05, 0.1) is 5.56 Å². The van der Waals surface area contributed by atoms with Crippen LogP contribution in [0.1, 0.15) is 23.5 Å². The molecule has 0 N–H and O–H groups in total. The summed E-state index contributed by atoms with van der Waals surface area (Å²) in [6.45, 7) is 0. The van der Waals surface area contributed by atoms with Crippen molar-refractivity contribution in [3.05, 3.63) is 35.4 Å². The lowest BCUT2D eigenvalue weighted by molar-refractivity contribution is -0.138. The average Bonchev–Trinajstić information content (AvgIpc) is 2.95. The Hall–Kier alpha value is -0.700. The van der Waals surface area contributed by atoms with Crippen LogP contribution in [-0.2, 0) is 6.18 Å². The molecule has 82 valence electrons. The lowest BCUT2D eigenvalue weighted by Crippen LogP contribution is -2.08. The van der Waals surface area contributed by atoms with E-state index < -0.39 is 11.7 Å². The van der Waals surface area contributed by atoms with Crippen LogP contribution in [0.3, 0.4) is 0 Å². The second-order valence-corrected chi connectivity index (χ2v) is 4.15. The molecule has 0 bridgehead atoms. The molecule has 0 heterocycles. The van der Waals surface area contributed by atoms with Crippen LogP contribution >= 0.6 is 11.6 Å². The van der Waals surface area contributed by atoms with Crippen LogP contribution in [0.2, 0.25) is 0 Å². The predicted molar refractivity (Wildman–Crippen MR) is 53.0 cm³/mol. The maximum atomic E-state index is 12.6. The first kappa shape index (κ1) is 10.8. The van der Waals surface area contributed by atoms with Crippen LogP contribution < -0.4 is 0 Å². The lowest BCUT2D eigenvalue weighted by atomic mass is 10.0. The second kappa shape index (κ2) is 3.71. The van der Waals surface area contributed by atoms with Crippen molar-refractivity contribution in [2.75, 3.05) is 5.88 Å². The molecule has 2 unspecified atom stereocenters. The summed E-state index contributed by atoms with van der Waals surface area (Å²) < 4.78 is 37.9. The molecule has 4 heteroatoms. The van der Waals surface area contributed by atoms with Gasteiger partial charge in [-0.3, -0.25) is 0 Å². The summed E-state index contributed by atoms with van der Waals surface area (Å²) in [5.41, 5.74) is -0.113. The maximum Gasteiger partial charge on any atom is 0.416 e. The monoisotopic (exact) mass is 234 g/mol. The zero-order chi connectivity index (χ0) is 11.1. The van der Waals surface area contributed by atoms with Gasteiger partial charge in [-0.25, -0.2) is 0 Å². The number of halogens is 4. The van der Waals surface area contributed by atoms with Gasteiger partial charge in [0.25, 0.3) is 0 Å². The Balaban J connectivity index is 2.32.